The predicted molar refractivity (Wildman–Crippen MR) is 131 cm³/mol. The Kier molecular flexibility index (Phi) is 8.79. The molecule has 0 fully saturated rings. The maximum absolute atomic E-state index is 13.5. The zero-order chi connectivity index (χ0) is 24.5. The monoisotopic (exact) mass is 462 g/mol. The normalized spacial score (nSPS) is 11.7. The SMILES string of the molecule is CNC(=O)C(Cc1ccccc1)N(Cc1ccc(F)cc1)C(=O)COc1ccccc1C(C)C. The van der Waals surface area contributed by atoms with Crippen LogP contribution in [-0.2, 0) is 22.6 Å². The minimum atomic E-state index is -0.756. The second kappa shape index (κ2) is 12.0. The minimum absolute atomic E-state index is 0.152. The number of likely N-dealkylation sites (N-methyl/N-ethyl adjacent to an activating group) is 1. The van der Waals surface area contributed by atoms with Crippen LogP contribution >= 0.6 is 0 Å². The molecule has 0 saturated carbocycles. The Balaban J connectivity index is 1.88. The minimum Gasteiger partial charge on any atom is -0.483 e. The number of carbonyl (C=O) groups excluding carboxylic acids is 2. The highest BCUT2D eigenvalue weighted by Crippen LogP contribution is 2.26. The fourth-order valence-electron chi connectivity index (χ4n) is 3.82. The second-order valence-corrected chi connectivity index (χ2v) is 8.45. The molecule has 3 rings (SSSR count). The summed E-state index contributed by atoms with van der Waals surface area (Å²) in [6.07, 6.45) is 0.343. The van der Waals surface area contributed by atoms with Gasteiger partial charge in [-0.1, -0.05) is 74.5 Å². The summed E-state index contributed by atoms with van der Waals surface area (Å²) in [5.41, 5.74) is 2.66. The smallest absolute Gasteiger partial charge is 0.261 e. The van der Waals surface area contributed by atoms with Crippen molar-refractivity contribution in [1.82, 2.24) is 10.2 Å². The summed E-state index contributed by atoms with van der Waals surface area (Å²) in [7, 11) is 1.55. The van der Waals surface area contributed by atoms with Crippen molar-refractivity contribution in [2.75, 3.05) is 13.7 Å². The van der Waals surface area contributed by atoms with Crippen LogP contribution in [0.2, 0.25) is 0 Å². The average Bonchev–Trinajstić information content (AvgIpc) is 2.86. The van der Waals surface area contributed by atoms with E-state index in [1.165, 1.54) is 17.0 Å². The molecule has 34 heavy (non-hydrogen) atoms. The van der Waals surface area contributed by atoms with Crippen molar-refractivity contribution in [2.45, 2.75) is 38.8 Å². The number of benzene rings is 3. The van der Waals surface area contributed by atoms with Crippen LogP contribution in [-0.4, -0.2) is 36.4 Å². The van der Waals surface area contributed by atoms with Crippen molar-refractivity contribution >= 4 is 11.8 Å². The van der Waals surface area contributed by atoms with E-state index in [2.05, 4.69) is 19.2 Å². The number of hydrogen-bond acceptors (Lipinski definition) is 3. The van der Waals surface area contributed by atoms with Gasteiger partial charge in [-0.3, -0.25) is 9.59 Å². The number of rotatable bonds is 10. The molecular weight excluding hydrogens is 431 g/mol. The molecule has 0 spiro atoms. The molecule has 0 bridgehead atoms. The van der Waals surface area contributed by atoms with Crippen molar-refractivity contribution in [3.8, 4) is 5.75 Å². The van der Waals surface area contributed by atoms with Crippen molar-refractivity contribution in [3.05, 3.63) is 101 Å². The first-order valence-electron chi connectivity index (χ1n) is 11.4. The number of carbonyl (C=O) groups is 2. The first-order chi connectivity index (χ1) is 16.4. The lowest BCUT2D eigenvalue weighted by molar-refractivity contribution is -0.142. The number of nitrogens with one attached hydrogen (secondary N) is 1. The van der Waals surface area contributed by atoms with Crippen LogP contribution in [0.1, 0.15) is 36.5 Å². The maximum atomic E-state index is 13.5. The number of halogens is 1. The molecule has 0 heterocycles. The number of para-hydroxylation sites is 1. The van der Waals surface area contributed by atoms with Gasteiger partial charge in [-0.2, -0.15) is 0 Å². The van der Waals surface area contributed by atoms with E-state index in [-0.39, 0.29) is 36.7 Å². The van der Waals surface area contributed by atoms with E-state index in [4.69, 9.17) is 4.74 Å². The van der Waals surface area contributed by atoms with Gasteiger partial charge in [-0.15, -0.1) is 0 Å². The van der Waals surface area contributed by atoms with Crippen LogP contribution in [0.15, 0.2) is 78.9 Å². The largest absolute Gasteiger partial charge is 0.483 e. The van der Waals surface area contributed by atoms with Gasteiger partial charge < -0.3 is 15.0 Å². The molecule has 1 N–H and O–H groups in total. The predicted octanol–water partition coefficient (Wildman–Crippen LogP) is 4.71. The highest BCUT2D eigenvalue weighted by molar-refractivity contribution is 5.88. The van der Waals surface area contributed by atoms with E-state index in [0.717, 1.165) is 16.7 Å². The van der Waals surface area contributed by atoms with E-state index >= 15 is 0 Å². The van der Waals surface area contributed by atoms with Gasteiger partial charge in [0, 0.05) is 20.0 Å². The summed E-state index contributed by atoms with van der Waals surface area (Å²) in [5, 5.41) is 2.68. The van der Waals surface area contributed by atoms with Gasteiger partial charge in [0.2, 0.25) is 5.91 Å². The van der Waals surface area contributed by atoms with Gasteiger partial charge in [0.15, 0.2) is 6.61 Å². The topological polar surface area (TPSA) is 58.6 Å². The molecule has 6 heteroatoms. The van der Waals surface area contributed by atoms with E-state index in [1.807, 2.05) is 54.6 Å². The van der Waals surface area contributed by atoms with Crippen LogP contribution in [0.4, 0.5) is 4.39 Å². The summed E-state index contributed by atoms with van der Waals surface area (Å²) in [6, 6.07) is 22.3. The van der Waals surface area contributed by atoms with Crippen molar-refractivity contribution in [1.29, 1.82) is 0 Å². The Bertz CT molecular complexity index is 1080. The molecule has 3 aromatic rings. The van der Waals surface area contributed by atoms with Gasteiger partial charge in [0.05, 0.1) is 0 Å². The molecule has 178 valence electrons. The van der Waals surface area contributed by atoms with Gasteiger partial charge in [0.1, 0.15) is 17.6 Å². The zero-order valence-corrected chi connectivity index (χ0v) is 19.8. The summed E-state index contributed by atoms with van der Waals surface area (Å²) in [5.74, 6) is -0.0813. The third-order valence-electron chi connectivity index (χ3n) is 5.68. The molecule has 2 amide bonds. The maximum Gasteiger partial charge on any atom is 0.261 e. The molecule has 5 nitrogen and oxygen atoms in total. The molecule has 1 unspecified atom stereocenters. The first-order valence-corrected chi connectivity index (χ1v) is 11.4. The summed E-state index contributed by atoms with van der Waals surface area (Å²) < 4.78 is 19.4. The summed E-state index contributed by atoms with van der Waals surface area (Å²) in [6.45, 7) is 4.06. The highest BCUT2D eigenvalue weighted by atomic mass is 19.1. The van der Waals surface area contributed by atoms with Crippen LogP contribution in [0.3, 0.4) is 0 Å². The third kappa shape index (κ3) is 6.67. The van der Waals surface area contributed by atoms with E-state index < -0.39 is 6.04 Å². The molecule has 3 aromatic carbocycles. The molecule has 0 aliphatic heterocycles. The summed E-state index contributed by atoms with van der Waals surface area (Å²) >= 11 is 0. The van der Waals surface area contributed by atoms with Gasteiger partial charge in [0.25, 0.3) is 5.91 Å². The highest BCUT2D eigenvalue weighted by Gasteiger charge is 2.30. The van der Waals surface area contributed by atoms with E-state index in [9.17, 15) is 14.0 Å². The molecule has 0 aliphatic carbocycles. The Morgan fingerprint density at radius 1 is 0.912 bits per heavy atom. The molecular formula is C28H31FN2O3. The standard InChI is InChI=1S/C28H31FN2O3/c1-20(2)24-11-7-8-12-26(24)34-19-27(32)31(18-22-13-15-23(29)16-14-22)25(28(33)30-3)17-21-9-5-4-6-10-21/h4-16,20,25H,17-19H2,1-3H3,(H,30,33). The Hall–Kier alpha value is -3.67. The van der Waals surface area contributed by atoms with Crippen LogP contribution in [0.25, 0.3) is 0 Å². The van der Waals surface area contributed by atoms with Crippen molar-refractivity contribution in [3.63, 3.8) is 0 Å². The van der Waals surface area contributed by atoms with Crippen LogP contribution in [0.5, 0.6) is 5.75 Å². The lowest BCUT2D eigenvalue weighted by atomic mass is 10.0. The zero-order valence-electron chi connectivity index (χ0n) is 19.8. The third-order valence-corrected chi connectivity index (χ3v) is 5.68. The molecule has 0 saturated heterocycles. The molecule has 0 aliphatic rings. The van der Waals surface area contributed by atoms with Crippen molar-refractivity contribution in [2.24, 2.45) is 0 Å². The number of ether oxygens (including phenoxy) is 1. The number of nitrogens with zero attached hydrogens (tertiary/aromatic N) is 1. The van der Waals surface area contributed by atoms with Gasteiger partial charge in [-0.05, 0) is 40.8 Å². The number of hydrogen-bond donors (Lipinski definition) is 1. The lowest BCUT2D eigenvalue weighted by Gasteiger charge is -2.31. The quantitative estimate of drug-likeness (QED) is 0.475. The van der Waals surface area contributed by atoms with Crippen LogP contribution in [0, 0.1) is 5.82 Å². The molecule has 1 atom stereocenters. The van der Waals surface area contributed by atoms with Gasteiger partial charge in [-0.25, -0.2) is 4.39 Å². The molecule has 0 aromatic heterocycles. The Morgan fingerprint density at radius 2 is 1.56 bits per heavy atom. The van der Waals surface area contributed by atoms with E-state index in [1.54, 1.807) is 19.2 Å². The van der Waals surface area contributed by atoms with Crippen LogP contribution < -0.4 is 10.1 Å². The molecule has 0 radical (unpaired) electrons. The second-order valence-electron chi connectivity index (χ2n) is 8.45. The van der Waals surface area contributed by atoms with Crippen molar-refractivity contribution < 1.29 is 18.7 Å². The fourth-order valence-corrected chi connectivity index (χ4v) is 3.82. The first kappa shape index (κ1) is 25.0. The Morgan fingerprint density at radius 3 is 2.21 bits per heavy atom. The summed E-state index contributed by atoms with van der Waals surface area (Å²) in [4.78, 5) is 27.9. The fraction of sp³-hybridized carbons (Fsp3) is 0.286. The lowest BCUT2D eigenvalue weighted by Crippen LogP contribution is -2.51. The average molecular weight is 463 g/mol. The van der Waals surface area contributed by atoms with Gasteiger partial charge >= 0.3 is 0 Å². The number of amides is 2. The van der Waals surface area contributed by atoms with E-state index in [0.29, 0.717) is 12.2 Å². The Labute approximate surface area is 200 Å².